The second-order valence-electron chi connectivity index (χ2n) is 7.98. The van der Waals surface area contributed by atoms with Crippen LogP contribution in [-0.4, -0.2) is 26.6 Å². The van der Waals surface area contributed by atoms with E-state index in [4.69, 9.17) is 16.3 Å². The maximum Gasteiger partial charge on any atom is 0.408 e. The van der Waals surface area contributed by atoms with Crippen molar-refractivity contribution in [3.8, 4) is 11.3 Å². The molecule has 2 aromatic carbocycles. The standard InChI is InChI=1S/C22H23ClN4O4/c1-22(2,3)31-21(28)24-17(13-14-7-5-4-6-8-14)20-25-18(19(23)26-20)15-9-11-16(12-10-15)27(29)30/h4-12,17H,13H2,1-3H3,(H,24,28)(H,25,26)/t17-/m0/s1. The third-order valence-corrected chi connectivity index (χ3v) is 4.61. The number of amides is 1. The Morgan fingerprint density at radius 2 is 1.84 bits per heavy atom. The van der Waals surface area contributed by atoms with Crippen LogP contribution >= 0.6 is 11.6 Å². The summed E-state index contributed by atoms with van der Waals surface area (Å²) in [5, 5.41) is 14.0. The van der Waals surface area contributed by atoms with Crippen LogP contribution in [0.4, 0.5) is 10.5 Å². The number of hydrogen-bond acceptors (Lipinski definition) is 5. The lowest BCUT2D eigenvalue weighted by atomic mass is 10.1. The molecule has 3 rings (SSSR count). The number of nitro groups is 1. The van der Waals surface area contributed by atoms with E-state index in [1.165, 1.54) is 12.1 Å². The van der Waals surface area contributed by atoms with Crippen LogP contribution in [0.1, 0.15) is 38.2 Å². The number of H-pyrrole nitrogens is 1. The van der Waals surface area contributed by atoms with Gasteiger partial charge in [-0.05, 0) is 38.5 Å². The van der Waals surface area contributed by atoms with Gasteiger partial charge in [0.2, 0.25) is 0 Å². The number of non-ortho nitro benzene ring substituents is 1. The number of nitro benzene ring substituents is 1. The summed E-state index contributed by atoms with van der Waals surface area (Å²) in [4.78, 5) is 30.4. The first-order valence-electron chi connectivity index (χ1n) is 9.66. The number of halogens is 1. The molecule has 0 aliphatic carbocycles. The number of ether oxygens (including phenoxy) is 1. The highest BCUT2D eigenvalue weighted by Crippen LogP contribution is 2.30. The van der Waals surface area contributed by atoms with E-state index in [1.807, 2.05) is 30.3 Å². The van der Waals surface area contributed by atoms with Crippen molar-refractivity contribution in [1.82, 2.24) is 15.3 Å². The largest absolute Gasteiger partial charge is 0.444 e. The van der Waals surface area contributed by atoms with Gasteiger partial charge >= 0.3 is 6.09 Å². The molecule has 0 saturated heterocycles. The fourth-order valence-corrected chi connectivity index (χ4v) is 3.23. The van der Waals surface area contributed by atoms with Crippen LogP contribution < -0.4 is 5.32 Å². The van der Waals surface area contributed by atoms with Crippen molar-refractivity contribution in [2.45, 2.75) is 38.8 Å². The highest BCUT2D eigenvalue weighted by atomic mass is 35.5. The van der Waals surface area contributed by atoms with E-state index in [0.717, 1.165) is 5.56 Å². The molecule has 0 fully saturated rings. The maximum atomic E-state index is 12.4. The number of benzene rings is 2. The fourth-order valence-electron chi connectivity index (χ4n) is 2.98. The van der Waals surface area contributed by atoms with Gasteiger partial charge in [-0.25, -0.2) is 9.78 Å². The second kappa shape index (κ2) is 9.18. The molecule has 1 aromatic heterocycles. The van der Waals surface area contributed by atoms with Crippen LogP contribution in [0.15, 0.2) is 54.6 Å². The molecule has 0 saturated carbocycles. The molecular formula is C22H23ClN4O4. The summed E-state index contributed by atoms with van der Waals surface area (Å²) in [5.74, 6) is 0.452. The van der Waals surface area contributed by atoms with E-state index < -0.39 is 22.7 Å². The monoisotopic (exact) mass is 442 g/mol. The Kier molecular flexibility index (Phi) is 6.60. The van der Waals surface area contributed by atoms with Crippen molar-refractivity contribution in [3.05, 3.63) is 81.3 Å². The zero-order valence-corrected chi connectivity index (χ0v) is 18.1. The first-order valence-corrected chi connectivity index (χ1v) is 10.0. The summed E-state index contributed by atoms with van der Waals surface area (Å²) in [6.07, 6.45) is -0.110. The summed E-state index contributed by atoms with van der Waals surface area (Å²) >= 11 is 6.38. The van der Waals surface area contributed by atoms with Crippen LogP contribution in [0.3, 0.4) is 0 Å². The molecule has 3 aromatic rings. The number of alkyl carbamates (subject to hydrolysis) is 1. The molecule has 0 radical (unpaired) electrons. The predicted octanol–water partition coefficient (Wildman–Crippen LogP) is 5.45. The predicted molar refractivity (Wildman–Crippen MR) is 118 cm³/mol. The Morgan fingerprint density at radius 3 is 2.42 bits per heavy atom. The molecule has 31 heavy (non-hydrogen) atoms. The molecule has 8 nitrogen and oxygen atoms in total. The van der Waals surface area contributed by atoms with Gasteiger partial charge in [0.15, 0.2) is 0 Å². The van der Waals surface area contributed by atoms with Gasteiger partial charge < -0.3 is 15.0 Å². The van der Waals surface area contributed by atoms with E-state index in [9.17, 15) is 14.9 Å². The molecule has 1 atom stereocenters. The average Bonchev–Trinajstić information content (AvgIpc) is 3.08. The Morgan fingerprint density at radius 1 is 1.19 bits per heavy atom. The van der Waals surface area contributed by atoms with Gasteiger partial charge in [-0.2, -0.15) is 0 Å². The van der Waals surface area contributed by atoms with Crippen LogP contribution in [0.25, 0.3) is 11.3 Å². The highest BCUT2D eigenvalue weighted by Gasteiger charge is 2.24. The quantitative estimate of drug-likeness (QED) is 0.389. The number of hydrogen-bond donors (Lipinski definition) is 2. The smallest absolute Gasteiger partial charge is 0.408 e. The van der Waals surface area contributed by atoms with Crippen molar-refractivity contribution in [2.24, 2.45) is 0 Å². The topological polar surface area (TPSA) is 110 Å². The minimum atomic E-state index is -0.647. The third-order valence-electron chi connectivity index (χ3n) is 4.33. The number of nitrogens with zero attached hydrogens (tertiary/aromatic N) is 2. The molecule has 0 spiro atoms. The lowest BCUT2D eigenvalue weighted by molar-refractivity contribution is -0.384. The van der Waals surface area contributed by atoms with E-state index in [1.54, 1.807) is 32.9 Å². The van der Waals surface area contributed by atoms with Crippen LogP contribution in [0, 0.1) is 10.1 Å². The molecule has 0 aliphatic heterocycles. The van der Waals surface area contributed by atoms with E-state index >= 15 is 0 Å². The average molecular weight is 443 g/mol. The van der Waals surface area contributed by atoms with Gasteiger partial charge in [0, 0.05) is 24.1 Å². The molecule has 1 heterocycles. The SMILES string of the molecule is CC(C)(C)OC(=O)N[C@@H](Cc1ccccc1)c1nc(-c2ccc([N+](=O)[O-])cc2)c(Cl)[nH]1. The number of carbonyl (C=O) groups is 1. The highest BCUT2D eigenvalue weighted by molar-refractivity contribution is 6.31. The normalized spacial score (nSPS) is 12.3. The Bertz CT molecular complexity index is 1060. The molecule has 0 aliphatic rings. The molecular weight excluding hydrogens is 420 g/mol. The van der Waals surface area contributed by atoms with Crippen molar-refractivity contribution in [3.63, 3.8) is 0 Å². The first-order chi connectivity index (χ1) is 14.6. The van der Waals surface area contributed by atoms with Crippen LogP contribution in [0.2, 0.25) is 5.15 Å². The van der Waals surface area contributed by atoms with Gasteiger partial charge in [0.1, 0.15) is 22.3 Å². The van der Waals surface area contributed by atoms with E-state index in [2.05, 4.69) is 15.3 Å². The minimum absolute atomic E-state index is 0.0239. The Balaban J connectivity index is 1.90. The third kappa shape index (κ3) is 6.05. The fraction of sp³-hybridized carbons (Fsp3) is 0.273. The number of imidazole rings is 1. The van der Waals surface area contributed by atoms with Crippen molar-refractivity contribution in [2.75, 3.05) is 0 Å². The minimum Gasteiger partial charge on any atom is -0.444 e. The summed E-state index contributed by atoms with van der Waals surface area (Å²) < 4.78 is 5.40. The number of rotatable bonds is 6. The summed E-state index contributed by atoms with van der Waals surface area (Å²) in [5.41, 5.74) is 1.38. The Labute approximate surface area is 184 Å². The van der Waals surface area contributed by atoms with Gasteiger partial charge in [-0.1, -0.05) is 41.9 Å². The Hall–Kier alpha value is -3.39. The molecule has 0 unspecified atom stereocenters. The zero-order valence-electron chi connectivity index (χ0n) is 17.4. The lowest BCUT2D eigenvalue weighted by Crippen LogP contribution is -2.36. The van der Waals surface area contributed by atoms with E-state index in [-0.39, 0.29) is 10.8 Å². The second-order valence-corrected chi connectivity index (χ2v) is 8.36. The maximum absolute atomic E-state index is 12.4. The van der Waals surface area contributed by atoms with Crippen molar-refractivity contribution < 1.29 is 14.5 Å². The number of nitrogens with one attached hydrogen (secondary N) is 2. The molecule has 0 bridgehead atoms. The van der Waals surface area contributed by atoms with Gasteiger partial charge in [-0.3, -0.25) is 10.1 Å². The molecule has 2 N–H and O–H groups in total. The number of aromatic amines is 1. The molecule has 9 heteroatoms. The zero-order chi connectivity index (χ0) is 22.6. The first kappa shape index (κ1) is 22.3. The number of aromatic nitrogens is 2. The van der Waals surface area contributed by atoms with Crippen molar-refractivity contribution >= 4 is 23.4 Å². The van der Waals surface area contributed by atoms with E-state index in [0.29, 0.717) is 23.5 Å². The van der Waals surface area contributed by atoms with Crippen molar-refractivity contribution in [1.29, 1.82) is 0 Å². The van der Waals surface area contributed by atoms with Gasteiger partial charge in [0.25, 0.3) is 5.69 Å². The van der Waals surface area contributed by atoms with Gasteiger partial charge in [-0.15, -0.1) is 0 Å². The van der Waals surface area contributed by atoms with Gasteiger partial charge in [0.05, 0.1) is 11.0 Å². The van der Waals surface area contributed by atoms with Crippen LogP contribution in [-0.2, 0) is 11.2 Å². The summed E-state index contributed by atoms with van der Waals surface area (Å²) in [7, 11) is 0. The number of carbonyl (C=O) groups excluding carboxylic acids is 1. The lowest BCUT2D eigenvalue weighted by Gasteiger charge is -2.23. The molecule has 1 amide bonds. The van der Waals surface area contributed by atoms with Crippen LogP contribution in [0.5, 0.6) is 0 Å². The summed E-state index contributed by atoms with van der Waals surface area (Å²) in [6.45, 7) is 5.36. The molecule has 162 valence electrons. The summed E-state index contributed by atoms with van der Waals surface area (Å²) in [6, 6.07) is 15.1.